The van der Waals surface area contributed by atoms with E-state index < -0.39 is 0 Å². The second-order valence-corrected chi connectivity index (χ2v) is 5.92. The molecule has 0 aliphatic heterocycles. The largest absolute Gasteiger partial charge is 0.398 e. The van der Waals surface area contributed by atoms with E-state index >= 15 is 0 Å². The molecule has 0 radical (unpaired) electrons. The lowest BCUT2D eigenvalue weighted by molar-refractivity contribution is 0.0788. The molecular weight excluding hydrogens is 280 g/mol. The Balaban J connectivity index is 1.86. The minimum atomic E-state index is 0.0238. The van der Waals surface area contributed by atoms with Crippen LogP contribution in [0.25, 0.3) is 10.1 Å². The summed E-state index contributed by atoms with van der Waals surface area (Å²) in [5, 5.41) is 2.94. The van der Waals surface area contributed by atoms with Gasteiger partial charge in [0.25, 0.3) is 5.91 Å². The molecule has 3 aromatic rings. The SMILES string of the molecule is CN(Cc1ccccc1N)C(=O)c1csc2ccccc12. The highest BCUT2D eigenvalue weighted by atomic mass is 32.1. The first-order valence-electron chi connectivity index (χ1n) is 6.72. The van der Waals surface area contributed by atoms with E-state index in [1.54, 1.807) is 23.3 Å². The molecule has 3 rings (SSSR count). The normalized spacial score (nSPS) is 10.7. The highest BCUT2D eigenvalue weighted by Gasteiger charge is 2.16. The first-order valence-corrected chi connectivity index (χ1v) is 7.60. The average Bonchev–Trinajstić information content (AvgIpc) is 2.92. The number of para-hydroxylation sites is 1. The van der Waals surface area contributed by atoms with Gasteiger partial charge in [-0.25, -0.2) is 0 Å². The number of benzene rings is 2. The fourth-order valence-electron chi connectivity index (χ4n) is 2.35. The van der Waals surface area contributed by atoms with E-state index in [-0.39, 0.29) is 5.91 Å². The second kappa shape index (κ2) is 5.58. The van der Waals surface area contributed by atoms with Crippen molar-refractivity contribution >= 4 is 33.0 Å². The van der Waals surface area contributed by atoms with Gasteiger partial charge < -0.3 is 10.6 Å². The Labute approximate surface area is 127 Å². The molecule has 21 heavy (non-hydrogen) atoms. The Kier molecular flexibility index (Phi) is 3.62. The fourth-order valence-corrected chi connectivity index (χ4v) is 3.29. The zero-order valence-corrected chi connectivity index (χ0v) is 12.6. The molecule has 0 spiro atoms. The van der Waals surface area contributed by atoms with Crippen LogP contribution in [0.5, 0.6) is 0 Å². The van der Waals surface area contributed by atoms with Crippen molar-refractivity contribution < 1.29 is 4.79 Å². The van der Waals surface area contributed by atoms with Gasteiger partial charge in [0, 0.05) is 34.7 Å². The first kappa shape index (κ1) is 13.6. The summed E-state index contributed by atoms with van der Waals surface area (Å²) in [6.07, 6.45) is 0. The van der Waals surface area contributed by atoms with Gasteiger partial charge in [0.05, 0.1) is 5.56 Å². The molecule has 106 valence electrons. The highest BCUT2D eigenvalue weighted by Crippen LogP contribution is 2.27. The van der Waals surface area contributed by atoms with Gasteiger partial charge >= 0.3 is 0 Å². The number of carbonyl (C=O) groups is 1. The third kappa shape index (κ3) is 2.62. The third-order valence-electron chi connectivity index (χ3n) is 3.52. The van der Waals surface area contributed by atoms with Crippen LogP contribution in [0.15, 0.2) is 53.9 Å². The molecule has 0 bridgehead atoms. The van der Waals surface area contributed by atoms with E-state index in [1.165, 1.54) is 0 Å². The Morgan fingerprint density at radius 3 is 2.67 bits per heavy atom. The molecular formula is C17H16N2OS. The smallest absolute Gasteiger partial charge is 0.255 e. The van der Waals surface area contributed by atoms with Crippen molar-refractivity contribution in [3.05, 3.63) is 65.0 Å². The average molecular weight is 296 g/mol. The summed E-state index contributed by atoms with van der Waals surface area (Å²) in [5.74, 6) is 0.0238. The predicted molar refractivity (Wildman–Crippen MR) is 88.5 cm³/mol. The predicted octanol–water partition coefficient (Wildman–Crippen LogP) is 3.76. The molecule has 1 heterocycles. The van der Waals surface area contributed by atoms with Gasteiger partial charge in [0.2, 0.25) is 0 Å². The summed E-state index contributed by atoms with van der Waals surface area (Å²) in [4.78, 5) is 14.3. The Hall–Kier alpha value is -2.33. The van der Waals surface area contributed by atoms with Crippen molar-refractivity contribution in [2.24, 2.45) is 0 Å². The number of hydrogen-bond acceptors (Lipinski definition) is 3. The number of rotatable bonds is 3. The van der Waals surface area contributed by atoms with Crippen molar-refractivity contribution in [3.63, 3.8) is 0 Å². The zero-order chi connectivity index (χ0) is 14.8. The molecule has 0 fully saturated rings. The Morgan fingerprint density at radius 1 is 1.14 bits per heavy atom. The van der Waals surface area contributed by atoms with Gasteiger partial charge in [-0.3, -0.25) is 4.79 Å². The lowest BCUT2D eigenvalue weighted by atomic mass is 10.1. The second-order valence-electron chi connectivity index (χ2n) is 5.01. The topological polar surface area (TPSA) is 46.3 Å². The minimum Gasteiger partial charge on any atom is -0.398 e. The van der Waals surface area contributed by atoms with Gasteiger partial charge in [-0.15, -0.1) is 11.3 Å². The summed E-state index contributed by atoms with van der Waals surface area (Å²) in [6.45, 7) is 0.510. The minimum absolute atomic E-state index is 0.0238. The van der Waals surface area contributed by atoms with E-state index in [2.05, 4.69) is 0 Å². The first-order chi connectivity index (χ1) is 10.2. The van der Waals surface area contributed by atoms with E-state index in [0.29, 0.717) is 12.2 Å². The molecule has 0 unspecified atom stereocenters. The van der Waals surface area contributed by atoms with Gasteiger partial charge in [-0.2, -0.15) is 0 Å². The van der Waals surface area contributed by atoms with Crippen LogP contribution in [0.2, 0.25) is 0 Å². The number of nitrogen functional groups attached to an aromatic ring is 1. The molecule has 0 atom stereocenters. The lowest BCUT2D eigenvalue weighted by Crippen LogP contribution is -2.26. The van der Waals surface area contributed by atoms with Crippen LogP contribution in [-0.4, -0.2) is 17.9 Å². The lowest BCUT2D eigenvalue weighted by Gasteiger charge is -2.18. The highest BCUT2D eigenvalue weighted by molar-refractivity contribution is 7.17. The molecule has 3 nitrogen and oxygen atoms in total. The monoisotopic (exact) mass is 296 g/mol. The van der Waals surface area contributed by atoms with Crippen molar-refractivity contribution in [1.29, 1.82) is 0 Å². The van der Waals surface area contributed by atoms with Crippen LogP contribution in [0.4, 0.5) is 5.69 Å². The summed E-state index contributed by atoms with van der Waals surface area (Å²) >= 11 is 1.60. The van der Waals surface area contributed by atoms with Gasteiger partial charge in [-0.05, 0) is 17.7 Å². The summed E-state index contributed by atoms with van der Waals surface area (Å²) in [7, 11) is 1.81. The van der Waals surface area contributed by atoms with E-state index in [1.807, 2.05) is 53.9 Å². The van der Waals surface area contributed by atoms with Gasteiger partial charge in [0.1, 0.15) is 0 Å². The Bertz CT molecular complexity index is 794. The number of fused-ring (bicyclic) bond motifs is 1. The summed E-state index contributed by atoms with van der Waals surface area (Å²) in [6, 6.07) is 15.6. The van der Waals surface area contributed by atoms with Crippen molar-refractivity contribution in [1.82, 2.24) is 4.90 Å². The fraction of sp³-hybridized carbons (Fsp3) is 0.118. The van der Waals surface area contributed by atoms with Crippen molar-refractivity contribution in [2.75, 3.05) is 12.8 Å². The van der Waals surface area contributed by atoms with Crippen LogP contribution in [0.1, 0.15) is 15.9 Å². The molecule has 0 aliphatic carbocycles. The van der Waals surface area contributed by atoms with Crippen molar-refractivity contribution in [2.45, 2.75) is 6.54 Å². The molecule has 0 saturated heterocycles. The summed E-state index contributed by atoms with van der Waals surface area (Å²) < 4.78 is 1.13. The number of nitrogens with two attached hydrogens (primary N) is 1. The van der Waals surface area contributed by atoms with Crippen molar-refractivity contribution in [3.8, 4) is 0 Å². The van der Waals surface area contributed by atoms with Gasteiger partial charge in [-0.1, -0.05) is 36.4 Å². The van der Waals surface area contributed by atoms with Crippen LogP contribution in [0.3, 0.4) is 0 Å². The maximum Gasteiger partial charge on any atom is 0.255 e. The maximum atomic E-state index is 12.6. The zero-order valence-electron chi connectivity index (χ0n) is 11.7. The van der Waals surface area contributed by atoms with E-state index in [9.17, 15) is 4.79 Å². The standard InChI is InChI=1S/C17H16N2OS/c1-19(10-12-6-2-4-8-15(12)18)17(20)14-11-21-16-9-5-3-7-13(14)16/h2-9,11H,10,18H2,1H3. The number of hydrogen-bond donors (Lipinski definition) is 1. The summed E-state index contributed by atoms with van der Waals surface area (Å²) in [5.41, 5.74) is 8.38. The molecule has 2 aromatic carbocycles. The van der Waals surface area contributed by atoms with E-state index in [4.69, 9.17) is 5.73 Å². The van der Waals surface area contributed by atoms with Gasteiger partial charge in [0.15, 0.2) is 0 Å². The molecule has 2 N–H and O–H groups in total. The van der Waals surface area contributed by atoms with Crippen LogP contribution in [-0.2, 0) is 6.54 Å². The van der Waals surface area contributed by atoms with E-state index in [0.717, 1.165) is 21.2 Å². The number of nitrogens with zero attached hydrogens (tertiary/aromatic N) is 1. The van der Waals surface area contributed by atoms with Crippen LogP contribution in [0, 0.1) is 0 Å². The maximum absolute atomic E-state index is 12.6. The van der Waals surface area contributed by atoms with Crippen LogP contribution < -0.4 is 5.73 Å². The molecule has 0 saturated carbocycles. The number of amides is 1. The quantitative estimate of drug-likeness (QED) is 0.748. The molecule has 1 amide bonds. The van der Waals surface area contributed by atoms with Crippen LogP contribution >= 0.6 is 11.3 Å². The molecule has 4 heteroatoms. The number of carbonyl (C=O) groups excluding carboxylic acids is 1. The number of thiophene rings is 1. The Morgan fingerprint density at radius 2 is 1.86 bits per heavy atom. The number of anilines is 1. The third-order valence-corrected chi connectivity index (χ3v) is 4.48. The molecule has 1 aromatic heterocycles. The molecule has 0 aliphatic rings.